The van der Waals surface area contributed by atoms with Crippen molar-refractivity contribution in [1.82, 2.24) is 9.55 Å². The zero-order valence-corrected chi connectivity index (χ0v) is 14.5. The van der Waals surface area contributed by atoms with Crippen LogP contribution in [0.3, 0.4) is 0 Å². The molecule has 0 saturated carbocycles. The molecule has 7 nitrogen and oxygen atoms in total. The number of nitrogens with zero attached hydrogens (tertiary/aromatic N) is 2. The number of hydrogen-bond donors (Lipinski definition) is 2. The molecule has 1 amide bonds. The highest BCUT2D eigenvalue weighted by atomic mass is 16.5. The lowest BCUT2D eigenvalue weighted by Gasteiger charge is -2.14. The molecule has 0 unspecified atom stereocenters. The first-order valence-electron chi connectivity index (χ1n) is 8.43. The third-order valence-electron chi connectivity index (χ3n) is 4.64. The Labute approximate surface area is 155 Å². The lowest BCUT2D eigenvalue weighted by atomic mass is 9.98. The zero-order valence-electron chi connectivity index (χ0n) is 14.5. The van der Waals surface area contributed by atoms with Crippen LogP contribution in [0.4, 0.5) is 10.6 Å². The second-order valence-corrected chi connectivity index (χ2v) is 6.32. The van der Waals surface area contributed by atoms with E-state index in [1.165, 1.54) is 10.8 Å². The first-order chi connectivity index (χ1) is 13.0. The average Bonchev–Trinajstić information content (AvgIpc) is 3.18. The number of aromatic carboxylic acids is 1. The molecule has 1 aliphatic carbocycles. The molecule has 136 valence electrons. The van der Waals surface area contributed by atoms with Crippen molar-refractivity contribution < 1.29 is 19.4 Å². The van der Waals surface area contributed by atoms with E-state index in [1.807, 2.05) is 36.4 Å². The molecular formula is C20H17N3O4. The van der Waals surface area contributed by atoms with Crippen molar-refractivity contribution in [2.75, 3.05) is 11.9 Å². The topological polar surface area (TPSA) is 93.5 Å². The number of carboxylic acid groups (broad SMARTS) is 1. The summed E-state index contributed by atoms with van der Waals surface area (Å²) in [5.41, 5.74) is 4.55. The summed E-state index contributed by atoms with van der Waals surface area (Å²) in [5, 5.41) is 11.5. The molecule has 0 aliphatic heterocycles. The van der Waals surface area contributed by atoms with E-state index in [0.29, 0.717) is 0 Å². The van der Waals surface area contributed by atoms with Gasteiger partial charge in [-0.1, -0.05) is 48.5 Å². The van der Waals surface area contributed by atoms with Gasteiger partial charge >= 0.3 is 12.1 Å². The van der Waals surface area contributed by atoms with Crippen LogP contribution in [0.25, 0.3) is 11.1 Å². The summed E-state index contributed by atoms with van der Waals surface area (Å²) < 4.78 is 6.73. The molecule has 1 heterocycles. The second-order valence-electron chi connectivity index (χ2n) is 6.32. The van der Waals surface area contributed by atoms with Gasteiger partial charge in [0.25, 0.3) is 0 Å². The molecule has 0 atom stereocenters. The maximum atomic E-state index is 12.2. The normalized spacial score (nSPS) is 12.3. The van der Waals surface area contributed by atoms with Crippen molar-refractivity contribution in [3.63, 3.8) is 0 Å². The van der Waals surface area contributed by atoms with Crippen molar-refractivity contribution in [3.05, 3.63) is 71.7 Å². The van der Waals surface area contributed by atoms with Gasteiger partial charge in [-0.25, -0.2) is 14.6 Å². The molecule has 0 saturated heterocycles. The van der Waals surface area contributed by atoms with Gasteiger partial charge in [-0.15, -0.1) is 0 Å². The summed E-state index contributed by atoms with van der Waals surface area (Å²) in [6, 6.07) is 16.1. The SMILES string of the molecule is Cn1cc(NC(=O)OCC2c3ccccc3-c3ccccc32)nc1C(=O)O. The highest BCUT2D eigenvalue weighted by molar-refractivity contribution is 5.87. The number of aromatic nitrogens is 2. The van der Waals surface area contributed by atoms with Crippen molar-refractivity contribution in [3.8, 4) is 11.1 Å². The first-order valence-corrected chi connectivity index (χ1v) is 8.43. The van der Waals surface area contributed by atoms with Crippen molar-refractivity contribution >= 4 is 17.9 Å². The van der Waals surface area contributed by atoms with Crippen molar-refractivity contribution in [2.45, 2.75) is 5.92 Å². The Morgan fingerprint density at radius 1 is 1.11 bits per heavy atom. The minimum atomic E-state index is -1.17. The van der Waals surface area contributed by atoms with Gasteiger partial charge in [0.05, 0.1) is 0 Å². The summed E-state index contributed by atoms with van der Waals surface area (Å²) in [6.07, 6.45) is 0.747. The summed E-state index contributed by atoms with van der Waals surface area (Å²) in [5.74, 6) is -1.24. The third kappa shape index (κ3) is 3.03. The van der Waals surface area contributed by atoms with Crippen LogP contribution in [0.1, 0.15) is 27.7 Å². The molecule has 3 aromatic rings. The Bertz CT molecular complexity index is 996. The molecule has 7 heteroatoms. The lowest BCUT2D eigenvalue weighted by Crippen LogP contribution is -2.18. The minimum absolute atomic E-state index is 0.0403. The Hall–Kier alpha value is -3.61. The van der Waals surface area contributed by atoms with E-state index >= 15 is 0 Å². The standard InChI is InChI=1S/C20H17N3O4/c1-23-10-17(21-18(23)19(24)25)22-20(26)27-11-16-14-8-4-2-6-12(14)13-7-3-5-9-15(13)16/h2-10,16H,11H2,1H3,(H,22,26)(H,24,25). The molecule has 0 bridgehead atoms. The Morgan fingerprint density at radius 3 is 2.26 bits per heavy atom. The third-order valence-corrected chi connectivity index (χ3v) is 4.64. The van der Waals surface area contributed by atoms with Crippen LogP contribution in [0.2, 0.25) is 0 Å². The number of ether oxygens (including phenoxy) is 1. The van der Waals surface area contributed by atoms with E-state index in [2.05, 4.69) is 22.4 Å². The predicted octanol–water partition coefficient (Wildman–Crippen LogP) is 3.48. The van der Waals surface area contributed by atoms with E-state index in [1.54, 1.807) is 7.05 Å². The van der Waals surface area contributed by atoms with Crippen LogP contribution in [0.5, 0.6) is 0 Å². The van der Waals surface area contributed by atoms with Crippen molar-refractivity contribution in [1.29, 1.82) is 0 Å². The van der Waals surface area contributed by atoms with Gasteiger partial charge in [0, 0.05) is 19.2 Å². The Kier molecular flexibility index (Phi) is 4.12. The number of imidazole rings is 1. The molecule has 0 fully saturated rings. The van der Waals surface area contributed by atoms with Crippen molar-refractivity contribution in [2.24, 2.45) is 7.05 Å². The average molecular weight is 363 g/mol. The quantitative estimate of drug-likeness (QED) is 0.740. The highest BCUT2D eigenvalue weighted by Crippen LogP contribution is 2.44. The van der Waals surface area contributed by atoms with E-state index in [0.717, 1.165) is 22.3 Å². The summed E-state index contributed by atoms with van der Waals surface area (Å²) in [6.45, 7) is 0.179. The van der Waals surface area contributed by atoms with E-state index < -0.39 is 12.1 Å². The highest BCUT2D eigenvalue weighted by Gasteiger charge is 2.29. The number of anilines is 1. The van der Waals surface area contributed by atoms with Crippen LogP contribution >= 0.6 is 0 Å². The van der Waals surface area contributed by atoms with Gasteiger partial charge in [0.2, 0.25) is 5.82 Å². The summed E-state index contributed by atoms with van der Waals surface area (Å²) in [4.78, 5) is 27.0. The van der Waals surface area contributed by atoms with Gasteiger partial charge < -0.3 is 14.4 Å². The molecule has 1 aromatic heterocycles. The van der Waals surface area contributed by atoms with Crippen LogP contribution in [0, 0.1) is 0 Å². The number of carbonyl (C=O) groups is 2. The molecule has 2 aromatic carbocycles. The van der Waals surface area contributed by atoms with E-state index in [-0.39, 0.29) is 24.2 Å². The lowest BCUT2D eigenvalue weighted by molar-refractivity contribution is 0.0679. The first kappa shape index (κ1) is 16.8. The maximum Gasteiger partial charge on any atom is 0.412 e. The van der Waals surface area contributed by atoms with Crippen LogP contribution in [-0.2, 0) is 11.8 Å². The van der Waals surface area contributed by atoms with Crippen LogP contribution < -0.4 is 5.32 Å². The molecule has 1 aliphatic rings. The van der Waals surface area contributed by atoms with E-state index in [4.69, 9.17) is 9.84 Å². The fraction of sp³-hybridized carbons (Fsp3) is 0.150. The largest absolute Gasteiger partial charge is 0.475 e. The Morgan fingerprint density at radius 2 is 1.70 bits per heavy atom. The fourth-order valence-electron chi connectivity index (χ4n) is 3.46. The number of benzene rings is 2. The smallest absolute Gasteiger partial charge is 0.412 e. The number of amides is 1. The molecule has 0 spiro atoms. The molecule has 27 heavy (non-hydrogen) atoms. The van der Waals surface area contributed by atoms with Gasteiger partial charge in [-0.2, -0.15) is 0 Å². The van der Waals surface area contributed by atoms with Gasteiger partial charge in [-0.05, 0) is 22.3 Å². The molecular weight excluding hydrogens is 346 g/mol. The molecule has 0 radical (unpaired) electrons. The second kappa shape index (κ2) is 6.60. The van der Waals surface area contributed by atoms with Gasteiger partial charge in [0.1, 0.15) is 6.61 Å². The summed E-state index contributed by atoms with van der Waals surface area (Å²) in [7, 11) is 1.54. The monoisotopic (exact) mass is 363 g/mol. The predicted molar refractivity (Wildman–Crippen MR) is 98.9 cm³/mol. The number of aryl methyl sites for hydroxylation is 1. The minimum Gasteiger partial charge on any atom is -0.475 e. The van der Waals surface area contributed by atoms with Gasteiger partial charge in [-0.3, -0.25) is 5.32 Å². The van der Waals surface area contributed by atoms with E-state index in [9.17, 15) is 9.59 Å². The number of carbonyl (C=O) groups excluding carboxylic acids is 1. The molecule has 2 N–H and O–H groups in total. The number of fused-ring (bicyclic) bond motifs is 3. The number of nitrogens with one attached hydrogen (secondary N) is 1. The number of rotatable bonds is 4. The number of hydrogen-bond acceptors (Lipinski definition) is 4. The summed E-state index contributed by atoms with van der Waals surface area (Å²) >= 11 is 0. The fourth-order valence-corrected chi connectivity index (χ4v) is 3.46. The molecule has 4 rings (SSSR count). The Balaban J connectivity index is 1.48. The van der Waals surface area contributed by atoms with Gasteiger partial charge in [0.15, 0.2) is 5.82 Å². The van der Waals surface area contributed by atoms with Crippen LogP contribution in [-0.4, -0.2) is 33.3 Å². The zero-order chi connectivity index (χ0) is 19.0. The maximum absolute atomic E-state index is 12.2. The van der Waals surface area contributed by atoms with Crippen LogP contribution in [0.15, 0.2) is 54.7 Å². The number of carboxylic acids is 1.